The maximum atomic E-state index is 5.72. The molecule has 1 aromatic carbocycles. The van der Waals surface area contributed by atoms with Crippen molar-refractivity contribution in [3.63, 3.8) is 0 Å². The summed E-state index contributed by atoms with van der Waals surface area (Å²) in [5.41, 5.74) is 7.97. The molecule has 2 heterocycles. The van der Waals surface area contributed by atoms with E-state index in [0.29, 0.717) is 6.54 Å². The van der Waals surface area contributed by atoms with Crippen molar-refractivity contribution < 1.29 is 0 Å². The fourth-order valence-corrected chi connectivity index (χ4v) is 3.88. The van der Waals surface area contributed by atoms with E-state index in [1.165, 1.54) is 15.3 Å². The molecular formula is C15H14N2S2. The van der Waals surface area contributed by atoms with Crippen LogP contribution < -0.4 is 5.73 Å². The van der Waals surface area contributed by atoms with Crippen LogP contribution in [0.3, 0.4) is 0 Å². The number of aromatic nitrogens is 1. The number of nitrogens with two attached hydrogens (primary N) is 1. The van der Waals surface area contributed by atoms with E-state index in [4.69, 9.17) is 10.7 Å². The van der Waals surface area contributed by atoms with Gasteiger partial charge in [0.05, 0.1) is 10.6 Å². The molecule has 0 aliphatic rings. The molecule has 0 saturated carbocycles. The second-order valence-corrected chi connectivity index (χ2v) is 6.20. The van der Waals surface area contributed by atoms with E-state index in [9.17, 15) is 0 Å². The molecule has 2 N–H and O–H groups in total. The molecule has 2 nitrogen and oxygen atoms in total. The molecular weight excluding hydrogens is 272 g/mol. The van der Waals surface area contributed by atoms with Crippen molar-refractivity contribution in [3.05, 3.63) is 52.7 Å². The van der Waals surface area contributed by atoms with E-state index in [0.717, 1.165) is 17.1 Å². The summed E-state index contributed by atoms with van der Waals surface area (Å²) in [5, 5.41) is 3.18. The van der Waals surface area contributed by atoms with Gasteiger partial charge < -0.3 is 5.73 Å². The molecule has 3 aromatic rings. The molecule has 0 amide bonds. The van der Waals surface area contributed by atoms with Crippen molar-refractivity contribution in [3.8, 4) is 21.1 Å². The summed E-state index contributed by atoms with van der Waals surface area (Å²) < 4.78 is 0. The van der Waals surface area contributed by atoms with Gasteiger partial charge in [0.2, 0.25) is 0 Å². The summed E-state index contributed by atoms with van der Waals surface area (Å²) >= 11 is 3.48. The van der Waals surface area contributed by atoms with Crippen molar-refractivity contribution >= 4 is 22.7 Å². The number of rotatable bonds is 4. The maximum absolute atomic E-state index is 5.72. The van der Waals surface area contributed by atoms with E-state index in [-0.39, 0.29) is 0 Å². The molecule has 0 saturated heterocycles. The van der Waals surface area contributed by atoms with Crippen molar-refractivity contribution in [2.75, 3.05) is 6.54 Å². The van der Waals surface area contributed by atoms with Crippen molar-refractivity contribution in [2.45, 2.75) is 6.42 Å². The molecule has 2 aromatic heterocycles. The van der Waals surface area contributed by atoms with E-state index in [2.05, 4.69) is 29.6 Å². The Morgan fingerprint density at radius 2 is 1.89 bits per heavy atom. The summed E-state index contributed by atoms with van der Waals surface area (Å²) in [6.45, 7) is 0.659. The van der Waals surface area contributed by atoms with Crippen LogP contribution in [0.5, 0.6) is 0 Å². The Morgan fingerprint density at radius 3 is 2.58 bits per heavy atom. The Labute approximate surface area is 120 Å². The zero-order chi connectivity index (χ0) is 13.1. The third-order valence-electron chi connectivity index (χ3n) is 2.85. The molecule has 3 rings (SSSR count). The molecule has 0 unspecified atom stereocenters. The quantitative estimate of drug-likeness (QED) is 0.786. The van der Waals surface area contributed by atoms with E-state index in [1.54, 1.807) is 22.7 Å². The lowest BCUT2D eigenvalue weighted by atomic mass is 10.1. The fraction of sp³-hybridized carbons (Fsp3) is 0.133. The molecule has 0 fully saturated rings. The highest BCUT2D eigenvalue weighted by atomic mass is 32.1. The summed E-state index contributed by atoms with van der Waals surface area (Å²) in [5.74, 6) is 0. The van der Waals surface area contributed by atoms with Gasteiger partial charge in [-0.15, -0.1) is 22.7 Å². The number of hydrogen-bond donors (Lipinski definition) is 1. The molecule has 96 valence electrons. The topological polar surface area (TPSA) is 38.9 Å². The van der Waals surface area contributed by atoms with Crippen LogP contribution in [-0.4, -0.2) is 11.5 Å². The van der Waals surface area contributed by atoms with Gasteiger partial charge in [-0.05, 0) is 24.4 Å². The molecule has 0 radical (unpaired) electrons. The van der Waals surface area contributed by atoms with Gasteiger partial charge in [-0.1, -0.05) is 36.4 Å². The summed E-state index contributed by atoms with van der Waals surface area (Å²) in [7, 11) is 0. The minimum absolute atomic E-state index is 0.659. The number of benzene rings is 1. The summed E-state index contributed by atoms with van der Waals surface area (Å²) in [4.78, 5) is 7.32. The van der Waals surface area contributed by atoms with Crippen molar-refractivity contribution in [1.82, 2.24) is 4.98 Å². The first-order valence-corrected chi connectivity index (χ1v) is 7.87. The van der Waals surface area contributed by atoms with E-state index in [1.807, 2.05) is 18.2 Å². The van der Waals surface area contributed by atoms with E-state index >= 15 is 0 Å². The zero-order valence-corrected chi connectivity index (χ0v) is 12.0. The van der Waals surface area contributed by atoms with Crippen LogP contribution in [0, 0.1) is 0 Å². The fourth-order valence-electron chi connectivity index (χ4n) is 1.98. The lowest BCUT2D eigenvalue weighted by Crippen LogP contribution is -2.02. The van der Waals surface area contributed by atoms with Crippen LogP contribution in [0.2, 0.25) is 0 Å². The van der Waals surface area contributed by atoms with Gasteiger partial charge in [0.15, 0.2) is 0 Å². The minimum atomic E-state index is 0.659. The average molecular weight is 286 g/mol. The largest absolute Gasteiger partial charge is 0.330 e. The van der Waals surface area contributed by atoms with Crippen molar-refractivity contribution in [2.24, 2.45) is 5.73 Å². The Kier molecular flexibility index (Phi) is 3.73. The van der Waals surface area contributed by atoms with Gasteiger partial charge in [-0.25, -0.2) is 4.98 Å². The Balaban J connectivity index is 2.08. The third kappa shape index (κ3) is 2.61. The molecule has 0 aliphatic heterocycles. The Morgan fingerprint density at radius 1 is 1.05 bits per heavy atom. The van der Waals surface area contributed by atoms with Gasteiger partial charge >= 0.3 is 0 Å². The molecule has 0 aliphatic carbocycles. The smallest absolute Gasteiger partial charge is 0.134 e. The molecule has 0 bridgehead atoms. The normalized spacial score (nSPS) is 10.8. The standard InChI is InChI=1S/C15H14N2S2/c16-9-8-12-14(11-5-2-1-3-6-11)17-15(19-12)13-7-4-10-18-13/h1-7,10H,8-9,16H2. The van der Waals surface area contributed by atoms with Crippen LogP contribution in [0.25, 0.3) is 21.1 Å². The van der Waals surface area contributed by atoms with Crippen molar-refractivity contribution in [1.29, 1.82) is 0 Å². The Bertz CT molecular complexity index is 642. The van der Waals surface area contributed by atoms with Gasteiger partial charge in [0.1, 0.15) is 5.01 Å². The maximum Gasteiger partial charge on any atom is 0.134 e. The number of nitrogens with zero attached hydrogens (tertiary/aromatic N) is 1. The van der Waals surface area contributed by atoms with Crippen LogP contribution in [0.1, 0.15) is 4.88 Å². The predicted octanol–water partition coefficient (Wildman–Crippen LogP) is 4.04. The van der Waals surface area contributed by atoms with Gasteiger partial charge in [0, 0.05) is 10.4 Å². The second-order valence-electron chi connectivity index (χ2n) is 4.17. The summed E-state index contributed by atoms with van der Waals surface area (Å²) in [6, 6.07) is 14.5. The monoisotopic (exact) mass is 286 g/mol. The highest BCUT2D eigenvalue weighted by Gasteiger charge is 2.13. The van der Waals surface area contributed by atoms with E-state index < -0.39 is 0 Å². The first kappa shape index (κ1) is 12.5. The second kappa shape index (κ2) is 5.65. The van der Waals surface area contributed by atoms with Crippen LogP contribution in [0.4, 0.5) is 0 Å². The highest BCUT2D eigenvalue weighted by Crippen LogP contribution is 2.35. The average Bonchev–Trinajstić information content (AvgIpc) is 3.08. The molecule has 4 heteroatoms. The predicted molar refractivity (Wildman–Crippen MR) is 83.6 cm³/mol. The third-order valence-corrected chi connectivity index (χ3v) is 5.00. The molecule has 0 atom stereocenters. The number of hydrogen-bond acceptors (Lipinski definition) is 4. The summed E-state index contributed by atoms with van der Waals surface area (Å²) in [6.07, 6.45) is 0.882. The number of thiophene rings is 1. The lowest BCUT2D eigenvalue weighted by Gasteiger charge is -2.00. The lowest BCUT2D eigenvalue weighted by molar-refractivity contribution is 0.986. The minimum Gasteiger partial charge on any atom is -0.330 e. The molecule has 19 heavy (non-hydrogen) atoms. The first-order valence-electron chi connectivity index (χ1n) is 6.17. The first-order chi connectivity index (χ1) is 9.38. The van der Waals surface area contributed by atoms with Gasteiger partial charge in [-0.3, -0.25) is 0 Å². The Hall–Kier alpha value is -1.49. The van der Waals surface area contributed by atoms with Gasteiger partial charge in [-0.2, -0.15) is 0 Å². The SMILES string of the molecule is NCCc1sc(-c2cccs2)nc1-c1ccccc1. The zero-order valence-electron chi connectivity index (χ0n) is 10.4. The molecule has 0 spiro atoms. The van der Waals surface area contributed by atoms with Crippen LogP contribution in [0.15, 0.2) is 47.8 Å². The van der Waals surface area contributed by atoms with Crippen LogP contribution >= 0.6 is 22.7 Å². The van der Waals surface area contributed by atoms with Crippen LogP contribution in [-0.2, 0) is 6.42 Å². The van der Waals surface area contributed by atoms with Gasteiger partial charge in [0.25, 0.3) is 0 Å². The number of thiazole rings is 1. The highest BCUT2D eigenvalue weighted by molar-refractivity contribution is 7.21.